The summed E-state index contributed by atoms with van der Waals surface area (Å²) < 4.78 is 28.4. The standard InChI is InChI=1S/C14H14Br2N2O2S/c1-9-4-2-3-5-10(9)8-18-21(19,20)14-12(15)6-11(17)7-13(14)16/h2-7,18H,8,17H2,1H3. The molecule has 112 valence electrons. The van der Waals surface area contributed by atoms with Crippen molar-refractivity contribution in [1.29, 1.82) is 0 Å². The number of nitrogens with one attached hydrogen (secondary N) is 1. The lowest BCUT2D eigenvalue weighted by molar-refractivity contribution is 0.580. The molecule has 0 amide bonds. The number of sulfonamides is 1. The van der Waals surface area contributed by atoms with Gasteiger partial charge in [0, 0.05) is 21.2 Å². The smallest absolute Gasteiger partial charge is 0.243 e. The molecule has 0 atom stereocenters. The Balaban J connectivity index is 2.30. The summed E-state index contributed by atoms with van der Waals surface area (Å²) in [6.45, 7) is 2.18. The van der Waals surface area contributed by atoms with Gasteiger partial charge in [0.1, 0.15) is 4.90 Å². The van der Waals surface area contributed by atoms with Gasteiger partial charge in [0.25, 0.3) is 0 Å². The molecule has 21 heavy (non-hydrogen) atoms. The van der Waals surface area contributed by atoms with E-state index in [2.05, 4.69) is 36.6 Å². The van der Waals surface area contributed by atoms with Crippen molar-refractivity contribution in [3.63, 3.8) is 0 Å². The lowest BCUT2D eigenvalue weighted by Crippen LogP contribution is -2.24. The zero-order valence-corrected chi connectivity index (χ0v) is 15.2. The zero-order chi connectivity index (χ0) is 15.6. The van der Waals surface area contributed by atoms with E-state index in [1.165, 1.54) is 0 Å². The number of nitrogens with two attached hydrogens (primary N) is 1. The third-order valence-corrected chi connectivity index (χ3v) is 6.28. The van der Waals surface area contributed by atoms with Crippen molar-refractivity contribution in [3.05, 3.63) is 56.5 Å². The Morgan fingerprint density at radius 1 is 1.14 bits per heavy atom. The molecule has 2 aromatic carbocycles. The molecule has 2 aromatic rings. The SMILES string of the molecule is Cc1ccccc1CNS(=O)(=O)c1c(Br)cc(N)cc1Br. The quantitative estimate of drug-likeness (QED) is 0.723. The number of hydrogen-bond acceptors (Lipinski definition) is 3. The fourth-order valence-corrected chi connectivity index (χ4v) is 5.51. The van der Waals surface area contributed by atoms with Gasteiger partial charge in [-0.3, -0.25) is 0 Å². The summed E-state index contributed by atoms with van der Waals surface area (Å²) in [5.41, 5.74) is 8.13. The van der Waals surface area contributed by atoms with E-state index in [9.17, 15) is 8.42 Å². The van der Waals surface area contributed by atoms with Crippen molar-refractivity contribution in [2.45, 2.75) is 18.4 Å². The van der Waals surface area contributed by atoms with Crippen LogP contribution in [0.15, 0.2) is 50.2 Å². The fraction of sp³-hybridized carbons (Fsp3) is 0.143. The zero-order valence-electron chi connectivity index (χ0n) is 11.2. The number of hydrogen-bond donors (Lipinski definition) is 2. The number of benzene rings is 2. The first kappa shape index (κ1) is 16.5. The minimum absolute atomic E-state index is 0.144. The van der Waals surface area contributed by atoms with Crippen LogP contribution in [0.3, 0.4) is 0 Å². The summed E-state index contributed by atoms with van der Waals surface area (Å²) in [6.07, 6.45) is 0. The van der Waals surface area contributed by atoms with E-state index in [-0.39, 0.29) is 11.4 Å². The molecule has 0 unspecified atom stereocenters. The van der Waals surface area contributed by atoms with Crippen molar-refractivity contribution in [3.8, 4) is 0 Å². The highest BCUT2D eigenvalue weighted by molar-refractivity contribution is 9.11. The Morgan fingerprint density at radius 2 is 1.71 bits per heavy atom. The van der Waals surface area contributed by atoms with E-state index in [4.69, 9.17) is 5.73 Å². The average Bonchev–Trinajstić information content (AvgIpc) is 2.36. The molecule has 0 radical (unpaired) electrons. The minimum Gasteiger partial charge on any atom is -0.399 e. The van der Waals surface area contributed by atoms with Gasteiger partial charge in [-0.05, 0) is 62.0 Å². The van der Waals surface area contributed by atoms with E-state index in [0.717, 1.165) is 11.1 Å². The van der Waals surface area contributed by atoms with Crippen LogP contribution in [0.1, 0.15) is 11.1 Å². The second-order valence-corrected chi connectivity index (χ2v) is 7.98. The van der Waals surface area contributed by atoms with Crippen LogP contribution in [0, 0.1) is 6.92 Å². The second kappa shape index (κ2) is 6.48. The molecule has 0 bridgehead atoms. The molecule has 0 aromatic heterocycles. The Hall–Kier alpha value is -0.890. The summed E-state index contributed by atoms with van der Waals surface area (Å²) in [4.78, 5) is 0.144. The Bertz CT molecular complexity index is 753. The highest BCUT2D eigenvalue weighted by Gasteiger charge is 2.21. The first-order chi connectivity index (χ1) is 9.81. The summed E-state index contributed by atoms with van der Waals surface area (Å²) in [6, 6.07) is 10.8. The van der Waals surface area contributed by atoms with Gasteiger partial charge in [0.2, 0.25) is 10.0 Å². The number of halogens is 2. The van der Waals surface area contributed by atoms with E-state index in [1.807, 2.05) is 31.2 Å². The van der Waals surface area contributed by atoms with Gasteiger partial charge in [-0.1, -0.05) is 24.3 Å². The normalized spacial score (nSPS) is 11.6. The molecule has 0 saturated carbocycles. The maximum atomic E-state index is 12.5. The lowest BCUT2D eigenvalue weighted by Gasteiger charge is -2.12. The molecule has 0 saturated heterocycles. The Labute approximate surface area is 141 Å². The first-order valence-corrected chi connectivity index (χ1v) is 9.17. The summed E-state index contributed by atoms with van der Waals surface area (Å²) in [7, 11) is -3.65. The van der Waals surface area contributed by atoms with Crippen LogP contribution in [-0.2, 0) is 16.6 Å². The fourth-order valence-electron chi connectivity index (χ4n) is 1.89. The maximum absolute atomic E-state index is 12.5. The molecule has 0 spiro atoms. The highest BCUT2D eigenvalue weighted by atomic mass is 79.9. The predicted octanol–water partition coefficient (Wildman–Crippen LogP) is 3.58. The predicted molar refractivity (Wildman–Crippen MR) is 91.5 cm³/mol. The molecule has 0 aliphatic heterocycles. The van der Waals surface area contributed by atoms with E-state index < -0.39 is 10.0 Å². The van der Waals surface area contributed by atoms with Gasteiger partial charge in [-0.25, -0.2) is 13.1 Å². The molecule has 0 heterocycles. The monoisotopic (exact) mass is 432 g/mol. The van der Waals surface area contributed by atoms with Crippen LogP contribution in [0.25, 0.3) is 0 Å². The van der Waals surface area contributed by atoms with Gasteiger partial charge in [0.05, 0.1) is 0 Å². The van der Waals surface area contributed by atoms with Gasteiger partial charge in [-0.2, -0.15) is 0 Å². The molecule has 0 aliphatic rings. The van der Waals surface area contributed by atoms with Crippen molar-refractivity contribution >= 4 is 47.6 Å². The second-order valence-electron chi connectivity index (χ2n) is 4.56. The van der Waals surface area contributed by atoms with Crippen LogP contribution in [0.5, 0.6) is 0 Å². The van der Waals surface area contributed by atoms with Crippen molar-refractivity contribution < 1.29 is 8.42 Å². The number of rotatable bonds is 4. The summed E-state index contributed by atoms with van der Waals surface area (Å²) in [5.74, 6) is 0. The third-order valence-electron chi connectivity index (χ3n) is 3.00. The summed E-state index contributed by atoms with van der Waals surface area (Å²) in [5, 5.41) is 0. The molecule has 0 aliphatic carbocycles. The van der Waals surface area contributed by atoms with Crippen molar-refractivity contribution in [2.75, 3.05) is 5.73 Å². The van der Waals surface area contributed by atoms with Crippen molar-refractivity contribution in [1.82, 2.24) is 4.72 Å². The average molecular weight is 434 g/mol. The first-order valence-electron chi connectivity index (χ1n) is 6.10. The van der Waals surface area contributed by atoms with E-state index >= 15 is 0 Å². The molecule has 0 fully saturated rings. The Morgan fingerprint density at radius 3 is 2.29 bits per heavy atom. The highest BCUT2D eigenvalue weighted by Crippen LogP contribution is 2.32. The molecular formula is C14H14Br2N2O2S. The van der Waals surface area contributed by atoms with Crippen LogP contribution >= 0.6 is 31.9 Å². The number of anilines is 1. The summed E-state index contributed by atoms with van der Waals surface area (Å²) >= 11 is 6.49. The largest absolute Gasteiger partial charge is 0.399 e. The molecule has 4 nitrogen and oxygen atoms in total. The van der Waals surface area contributed by atoms with Gasteiger partial charge < -0.3 is 5.73 Å². The molecular weight excluding hydrogens is 420 g/mol. The topological polar surface area (TPSA) is 72.2 Å². The van der Waals surface area contributed by atoms with Crippen LogP contribution in [-0.4, -0.2) is 8.42 Å². The lowest BCUT2D eigenvalue weighted by atomic mass is 10.1. The van der Waals surface area contributed by atoms with Crippen LogP contribution in [0.2, 0.25) is 0 Å². The number of nitrogen functional groups attached to an aromatic ring is 1. The minimum atomic E-state index is -3.65. The molecule has 7 heteroatoms. The molecule has 2 rings (SSSR count). The van der Waals surface area contributed by atoms with Gasteiger partial charge >= 0.3 is 0 Å². The maximum Gasteiger partial charge on any atom is 0.243 e. The third kappa shape index (κ3) is 3.85. The number of aryl methyl sites for hydroxylation is 1. The van der Waals surface area contributed by atoms with Gasteiger partial charge in [0.15, 0.2) is 0 Å². The van der Waals surface area contributed by atoms with Crippen LogP contribution < -0.4 is 10.5 Å². The molecule has 3 N–H and O–H groups in total. The van der Waals surface area contributed by atoms with E-state index in [0.29, 0.717) is 14.6 Å². The van der Waals surface area contributed by atoms with Gasteiger partial charge in [-0.15, -0.1) is 0 Å². The van der Waals surface area contributed by atoms with Crippen LogP contribution in [0.4, 0.5) is 5.69 Å². The Kier molecular flexibility index (Phi) is 5.08. The van der Waals surface area contributed by atoms with Crippen molar-refractivity contribution in [2.24, 2.45) is 0 Å². The van der Waals surface area contributed by atoms with E-state index in [1.54, 1.807) is 12.1 Å².